The van der Waals surface area contributed by atoms with Crippen molar-refractivity contribution in [1.29, 1.82) is 0 Å². The van der Waals surface area contributed by atoms with E-state index in [9.17, 15) is 4.79 Å². The van der Waals surface area contributed by atoms with Gasteiger partial charge in [0.2, 0.25) is 11.7 Å². The lowest BCUT2D eigenvalue weighted by molar-refractivity contribution is -0.131. The quantitative estimate of drug-likeness (QED) is 0.463. The Hall–Kier alpha value is -3.52. The number of benzene rings is 2. The normalized spacial score (nSPS) is 11.0. The van der Waals surface area contributed by atoms with Crippen LogP contribution in [0.3, 0.4) is 0 Å². The smallest absolute Gasteiger partial charge is 0.246 e. The van der Waals surface area contributed by atoms with E-state index in [4.69, 9.17) is 11.6 Å². The van der Waals surface area contributed by atoms with Gasteiger partial charge in [0.25, 0.3) is 0 Å². The summed E-state index contributed by atoms with van der Waals surface area (Å²) in [6.45, 7) is 4.42. The van der Waals surface area contributed by atoms with Gasteiger partial charge in [0.1, 0.15) is 6.54 Å². The molecule has 0 aliphatic rings. The molecule has 0 fully saturated rings. The second-order valence-electron chi connectivity index (χ2n) is 7.30. The molecule has 2 heterocycles. The number of rotatable bonds is 6. The van der Waals surface area contributed by atoms with Crippen LogP contribution in [-0.2, 0) is 17.9 Å². The molecule has 158 valence electrons. The molecule has 0 saturated carbocycles. The molecule has 0 radical (unpaired) electrons. The third-order valence-corrected chi connectivity index (χ3v) is 5.35. The number of nitrogens with zero attached hydrogens (tertiary/aromatic N) is 7. The zero-order valence-electron chi connectivity index (χ0n) is 17.5. The van der Waals surface area contributed by atoms with Crippen molar-refractivity contribution < 1.29 is 4.79 Å². The van der Waals surface area contributed by atoms with Gasteiger partial charge in [-0.05, 0) is 55.5 Å². The number of tetrazole rings is 1. The molecule has 4 rings (SSSR count). The van der Waals surface area contributed by atoms with Crippen molar-refractivity contribution in [2.45, 2.75) is 26.9 Å². The van der Waals surface area contributed by atoms with E-state index in [-0.39, 0.29) is 12.5 Å². The van der Waals surface area contributed by atoms with Crippen LogP contribution in [0.25, 0.3) is 17.1 Å². The lowest BCUT2D eigenvalue weighted by Gasteiger charge is -2.17. The van der Waals surface area contributed by atoms with E-state index in [2.05, 4.69) is 20.5 Å². The van der Waals surface area contributed by atoms with Crippen LogP contribution in [-0.4, -0.2) is 47.8 Å². The van der Waals surface area contributed by atoms with Gasteiger partial charge >= 0.3 is 0 Å². The summed E-state index contributed by atoms with van der Waals surface area (Å²) in [6, 6.07) is 17.1. The number of halogens is 1. The summed E-state index contributed by atoms with van der Waals surface area (Å²) < 4.78 is 1.90. The standard InChI is InChI=1S/C22H22ClN7O/c1-15-20(16(2)30(25-15)19-7-5-4-6-8-19)13-28(3)21(31)14-29-26-22(24-27-29)17-9-11-18(23)12-10-17/h4-12H,13-14H2,1-3H3. The highest BCUT2D eigenvalue weighted by atomic mass is 35.5. The molecule has 9 heteroatoms. The molecule has 31 heavy (non-hydrogen) atoms. The van der Waals surface area contributed by atoms with E-state index in [0.717, 1.165) is 28.2 Å². The first-order valence-electron chi connectivity index (χ1n) is 9.80. The summed E-state index contributed by atoms with van der Waals surface area (Å²) >= 11 is 5.92. The molecule has 8 nitrogen and oxygen atoms in total. The molecular formula is C22H22ClN7O. The maximum absolute atomic E-state index is 12.8. The molecule has 0 N–H and O–H groups in total. The van der Waals surface area contributed by atoms with Gasteiger partial charge in [-0.2, -0.15) is 9.90 Å². The first kappa shape index (κ1) is 20.7. The predicted molar refractivity (Wildman–Crippen MR) is 118 cm³/mol. The topological polar surface area (TPSA) is 81.7 Å². The molecule has 2 aromatic carbocycles. The Morgan fingerprint density at radius 3 is 2.45 bits per heavy atom. The highest BCUT2D eigenvalue weighted by Gasteiger charge is 2.18. The van der Waals surface area contributed by atoms with Gasteiger partial charge in [-0.1, -0.05) is 29.8 Å². The van der Waals surface area contributed by atoms with Crippen LogP contribution in [0.15, 0.2) is 54.6 Å². The fourth-order valence-electron chi connectivity index (χ4n) is 3.32. The SMILES string of the molecule is Cc1nn(-c2ccccc2)c(C)c1CN(C)C(=O)Cn1nnc(-c2ccc(Cl)cc2)n1. The minimum absolute atomic E-state index is 0.00199. The number of carbonyl (C=O) groups excluding carboxylic acids is 1. The molecule has 0 saturated heterocycles. The van der Waals surface area contributed by atoms with Gasteiger partial charge in [0.15, 0.2) is 0 Å². The molecule has 0 atom stereocenters. The van der Waals surface area contributed by atoms with E-state index < -0.39 is 0 Å². The Labute approximate surface area is 185 Å². The monoisotopic (exact) mass is 435 g/mol. The number of aryl methyl sites for hydroxylation is 1. The number of amides is 1. The highest BCUT2D eigenvalue weighted by Crippen LogP contribution is 2.20. The fourth-order valence-corrected chi connectivity index (χ4v) is 3.44. The second-order valence-corrected chi connectivity index (χ2v) is 7.73. The summed E-state index contributed by atoms with van der Waals surface area (Å²) in [5.74, 6) is 0.328. The summed E-state index contributed by atoms with van der Waals surface area (Å²) in [6.07, 6.45) is 0. The Morgan fingerprint density at radius 2 is 1.74 bits per heavy atom. The van der Waals surface area contributed by atoms with Gasteiger partial charge in [0.05, 0.1) is 11.4 Å². The minimum Gasteiger partial charge on any atom is -0.340 e. The van der Waals surface area contributed by atoms with Gasteiger partial charge in [-0.3, -0.25) is 4.79 Å². The van der Waals surface area contributed by atoms with Gasteiger partial charge in [0, 0.05) is 35.4 Å². The van der Waals surface area contributed by atoms with Gasteiger partial charge in [-0.25, -0.2) is 4.68 Å². The molecule has 2 aromatic heterocycles. The number of carbonyl (C=O) groups is 1. The third kappa shape index (κ3) is 4.49. The molecule has 1 amide bonds. The molecule has 0 aliphatic carbocycles. The van der Waals surface area contributed by atoms with Crippen LogP contribution in [0.2, 0.25) is 5.02 Å². The lowest BCUT2D eigenvalue weighted by atomic mass is 10.2. The first-order chi connectivity index (χ1) is 14.9. The summed E-state index contributed by atoms with van der Waals surface area (Å²) in [5, 5.41) is 17.6. The Bertz CT molecular complexity index is 1200. The molecule has 0 spiro atoms. The maximum Gasteiger partial charge on any atom is 0.246 e. The van der Waals surface area contributed by atoms with E-state index in [1.807, 2.05) is 61.0 Å². The van der Waals surface area contributed by atoms with Crippen molar-refractivity contribution in [3.63, 3.8) is 0 Å². The van der Waals surface area contributed by atoms with E-state index in [1.54, 1.807) is 24.1 Å². The molecule has 0 unspecified atom stereocenters. The zero-order valence-corrected chi connectivity index (χ0v) is 18.3. The predicted octanol–water partition coefficient (Wildman–Crippen LogP) is 3.45. The van der Waals surface area contributed by atoms with E-state index in [1.165, 1.54) is 4.80 Å². The van der Waals surface area contributed by atoms with Crippen molar-refractivity contribution in [3.8, 4) is 17.1 Å². The number of aromatic nitrogens is 6. The van der Waals surface area contributed by atoms with E-state index >= 15 is 0 Å². The lowest BCUT2D eigenvalue weighted by Crippen LogP contribution is -2.31. The number of likely N-dealkylation sites (N-methyl/N-ethyl adjacent to an activating group) is 1. The number of hydrogen-bond acceptors (Lipinski definition) is 5. The van der Waals surface area contributed by atoms with Crippen LogP contribution in [0.5, 0.6) is 0 Å². The average molecular weight is 436 g/mol. The van der Waals surface area contributed by atoms with Crippen molar-refractivity contribution in [1.82, 2.24) is 34.9 Å². The average Bonchev–Trinajstić information content (AvgIpc) is 3.34. The largest absolute Gasteiger partial charge is 0.340 e. The molecule has 0 aliphatic heterocycles. The van der Waals surface area contributed by atoms with Gasteiger partial charge in [-0.15, -0.1) is 10.2 Å². The van der Waals surface area contributed by atoms with E-state index in [0.29, 0.717) is 17.4 Å². The maximum atomic E-state index is 12.8. The Kier molecular flexibility index (Phi) is 5.81. The van der Waals surface area contributed by atoms with Gasteiger partial charge < -0.3 is 4.90 Å². The van der Waals surface area contributed by atoms with Crippen LogP contribution in [0.4, 0.5) is 0 Å². The Balaban J connectivity index is 1.45. The zero-order chi connectivity index (χ0) is 22.0. The summed E-state index contributed by atoms with van der Waals surface area (Å²) in [4.78, 5) is 15.7. The van der Waals surface area contributed by atoms with Crippen LogP contribution < -0.4 is 0 Å². The second kappa shape index (κ2) is 8.69. The van der Waals surface area contributed by atoms with Crippen molar-refractivity contribution in [2.75, 3.05) is 7.05 Å². The first-order valence-corrected chi connectivity index (χ1v) is 10.2. The molecular weight excluding hydrogens is 414 g/mol. The van der Waals surface area contributed by atoms with Crippen LogP contribution in [0.1, 0.15) is 17.0 Å². The molecule has 0 bridgehead atoms. The van der Waals surface area contributed by atoms with Crippen LogP contribution in [0, 0.1) is 13.8 Å². The summed E-state index contributed by atoms with van der Waals surface area (Å²) in [7, 11) is 1.76. The van der Waals surface area contributed by atoms with Crippen LogP contribution >= 0.6 is 11.6 Å². The summed E-state index contributed by atoms with van der Waals surface area (Å²) in [5.41, 5.74) is 4.70. The number of para-hydroxylation sites is 1. The highest BCUT2D eigenvalue weighted by molar-refractivity contribution is 6.30. The minimum atomic E-state index is -0.119. The third-order valence-electron chi connectivity index (χ3n) is 5.09. The fraction of sp³-hybridized carbons (Fsp3) is 0.227. The van der Waals surface area contributed by atoms with Crippen molar-refractivity contribution in [3.05, 3.63) is 76.6 Å². The van der Waals surface area contributed by atoms with Crippen molar-refractivity contribution >= 4 is 17.5 Å². The molecule has 4 aromatic rings. The number of hydrogen-bond donors (Lipinski definition) is 0. The van der Waals surface area contributed by atoms with Crippen molar-refractivity contribution in [2.24, 2.45) is 0 Å². The Morgan fingerprint density at radius 1 is 1.03 bits per heavy atom.